The molecule has 0 aliphatic heterocycles. The normalized spacial score (nSPS) is 12.3. The van der Waals surface area contributed by atoms with E-state index >= 15 is 0 Å². The van der Waals surface area contributed by atoms with Gasteiger partial charge >= 0.3 is 16.5 Å². The molecule has 0 aromatic rings. The van der Waals surface area contributed by atoms with E-state index in [0.717, 1.165) is 5.92 Å². The molecule has 0 saturated heterocycles. The summed E-state index contributed by atoms with van der Waals surface area (Å²) < 4.78 is 1.56. The second-order valence-electron chi connectivity index (χ2n) is 8.74. The van der Waals surface area contributed by atoms with Crippen molar-refractivity contribution in [3.05, 3.63) is 0 Å². The van der Waals surface area contributed by atoms with Crippen molar-refractivity contribution in [3.8, 4) is 0 Å². The molecule has 0 rings (SSSR count). The molecule has 2 heteroatoms. The summed E-state index contributed by atoms with van der Waals surface area (Å²) in [6.45, 7) is 4.79. The molecular formula is C24H49IMg. The first-order chi connectivity index (χ1) is 12.8. The van der Waals surface area contributed by atoms with Crippen LogP contribution in [0.3, 0.4) is 0 Å². The van der Waals surface area contributed by atoms with Gasteiger partial charge in [-0.1, -0.05) is 142 Å². The number of hydrogen-bond donors (Lipinski definition) is 0. The second kappa shape index (κ2) is 24.5. The van der Waals surface area contributed by atoms with Crippen LogP contribution in [0.1, 0.15) is 142 Å². The van der Waals surface area contributed by atoms with Crippen LogP contribution >= 0.6 is 18.9 Å². The Hall–Kier alpha value is 1.50. The third-order valence-electron chi connectivity index (χ3n) is 5.88. The molecule has 26 heavy (non-hydrogen) atoms. The maximum absolute atomic E-state index is 2.64. The minimum Gasteiger partial charge on any atom is -0.301 e. The summed E-state index contributed by atoms with van der Waals surface area (Å²) in [6.07, 6.45) is 29.6. The maximum Gasteiger partial charge on any atom is 0.463 e. The van der Waals surface area contributed by atoms with Crippen LogP contribution in [0.4, 0.5) is 0 Å². The first kappa shape index (κ1) is 27.5. The summed E-state index contributed by atoms with van der Waals surface area (Å²) in [6, 6.07) is 0. The summed E-state index contributed by atoms with van der Waals surface area (Å²) in [5, 5.41) is 0. The van der Waals surface area contributed by atoms with E-state index in [0.29, 0.717) is 16.5 Å². The molecule has 1 unspecified atom stereocenters. The Labute approximate surface area is 186 Å². The summed E-state index contributed by atoms with van der Waals surface area (Å²) in [5.41, 5.74) is 0. The van der Waals surface area contributed by atoms with Gasteiger partial charge in [0.05, 0.1) is 0 Å². The summed E-state index contributed by atoms with van der Waals surface area (Å²) in [7, 11) is 0. The highest BCUT2D eigenvalue weighted by molar-refractivity contribution is 14.1. The lowest BCUT2D eigenvalue weighted by Gasteiger charge is -2.11. The Morgan fingerprint density at radius 1 is 0.538 bits per heavy atom. The smallest absolute Gasteiger partial charge is 0.301 e. The van der Waals surface area contributed by atoms with Gasteiger partial charge in [-0.25, -0.2) is 0 Å². The molecule has 0 fully saturated rings. The molecule has 0 amide bonds. The predicted molar refractivity (Wildman–Crippen MR) is 132 cm³/mol. The van der Waals surface area contributed by atoms with Gasteiger partial charge < -0.3 is 18.9 Å². The topological polar surface area (TPSA) is 0 Å². The van der Waals surface area contributed by atoms with Crippen molar-refractivity contribution in [1.82, 2.24) is 0 Å². The van der Waals surface area contributed by atoms with E-state index in [1.54, 1.807) is 4.55 Å². The first-order valence-corrected chi connectivity index (χ1v) is 18.5. The minimum absolute atomic E-state index is 0.304. The van der Waals surface area contributed by atoms with Gasteiger partial charge in [-0.15, -0.1) is 4.55 Å². The van der Waals surface area contributed by atoms with E-state index < -0.39 is 0 Å². The molecule has 0 spiro atoms. The molecule has 0 aliphatic rings. The molecule has 154 valence electrons. The Morgan fingerprint density at radius 3 is 1.27 bits per heavy atom. The van der Waals surface area contributed by atoms with Gasteiger partial charge in [-0.2, -0.15) is 0 Å². The van der Waals surface area contributed by atoms with Crippen LogP contribution < -0.4 is 0 Å². The van der Waals surface area contributed by atoms with E-state index in [-0.39, 0.29) is 0 Å². The Balaban J connectivity index is 3.09. The highest BCUT2D eigenvalue weighted by Crippen LogP contribution is 2.19. The lowest BCUT2D eigenvalue weighted by atomic mass is 9.96. The molecule has 0 aromatic heterocycles. The number of hydrogen-bond acceptors (Lipinski definition) is 0. The number of unbranched alkanes of at least 4 members (excludes halogenated alkanes) is 16. The van der Waals surface area contributed by atoms with E-state index in [1.165, 1.54) is 128 Å². The van der Waals surface area contributed by atoms with Gasteiger partial charge in [0.25, 0.3) is 0 Å². The Morgan fingerprint density at radius 2 is 0.885 bits per heavy atom. The fraction of sp³-hybridized carbons (Fsp3) is 1.00. The maximum atomic E-state index is 2.64. The van der Waals surface area contributed by atoms with E-state index in [9.17, 15) is 0 Å². The van der Waals surface area contributed by atoms with Gasteiger partial charge in [0.2, 0.25) is 0 Å². The third kappa shape index (κ3) is 23.5. The van der Waals surface area contributed by atoms with Crippen LogP contribution in [0.5, 0.6) is 0 Å². The monoisotopic (exact) mass is 488 g/mol. The van der Waals surface area contributed by atoms with Crippen molar-refractivity contribution in [2.45, 2.75) is 147 Å². The third-order valence-corrected chi connectivity index (χ3v) is 8.94. The fourth-order valence-corrected chi connectivity index (χ4v) is 6.11. The highest BCUT2D eigenvalue weighted by atomic mass is 127. The molecular weight excluding hydrogens is 439 g/mol. The van der Waals surface area contributed by atoms with Crippen molar-refractivity contribution in [2.75, 3.05) is 0 Å². The lowest BCUT2D eigenvalue weighted by molar-refractivity contribution is 0.433. The van der Waals surface area contributed by atoms with Crippen LogP contribution in [0.2, 0.25) is 4.55 Å². The Bertz CT molecular complexity index is 244. The van der Waals surface area contributed by atoms with Crippen LogP contribution in [0, 0.1) is 5.92 Å². The van der Waals surface area contributed by atoms with Crippen LogP contribution in [-0.2, 0) is 0 Å². The van der Waals surface area contributed by atoms with Crippen LogP contribution in [0.15, 0.2) is 0 Å². The zero-order valence-electron chi connectivity index (χ0n) is 18.5. The predicted octanol–water partition coefficient (Wildman–Crippen LogP) is 9.92. The van der Waals surface area contributed by atoms with E-state index in [2.05, 4.69) is 32.7 Å². The molecule has 0 radical (unpaired) electrons. The largest absolute Gasteiger partial charge is 0.463 e. The van der Waals surface area contributed by atoms with Crippen LogP contribution in [0.25, 0.3) is 0 Å². The van der Waals surface area contributed by atoms with Gasteiger partial charge in [-0.05, 0) is 5.92 Å². The van der Waals surface area contributed by atoms with Gasteiger partial charge in [0.1, 0.15) is 0 Å². The summed E-state index contributed by atoms with van der Waals surface area (Å²) in [5.74, 6) is 0.978. The van der Waals surface area contributed by atoms with Crippen molar-refractivity contribution in [2.24, 2.45) is 5.92 Å². The molecule has 0 saturated carbocycles. The fourth-order valence-electron chi connectivity index (χ4n) is 3.95. The van der Waals surface area contributed by atoms with Crippen molar-refractivity contribution < 1.29 is 0 Å². The Kier molecular flexibility index (Phi) is 25.9. The van der Waals surface area contributed by atoms with Crippen molar-refractivity contribution in [1.29, 1.82) is 0 Å². The molecule has 0 aromatic carbocycles. The summed E-state index contributed by atoms with van der Waals surface area (Å²) in [4.78, 5) is 0. The summed E-state index contributed by atoms with van der Waals surface area (Å²) >= 11 is 2.94. The quantitative estimate of drug-likeness (QED) is 0.0807. The highest BCUT2D eigenvalue weighted by Gasteiger charge is 2.02. The van der Waals surface area contributed by atoms with Gasteiger partial charge in [-0.3, -0.25) is 0 Å². The first-order valence-electron chi connectivity index (χ1n) is 12.4. The molecule has 0 N–H and O–H groups in total. The molecule has 0 heterocycles. The number of rotatable bonds is 22. The molecule has 0 nitrogen and oxygen atoms in total. The molecule has 0 aliphatic carbocycles. The minimum atomic E-state index is 0.304. The zero-order valence-corrected chi connectivity index (χ0v) is 22.1. The van der Waals surface area contributed by atoms with Crippen molar-refractivity contribution >= 4 is 35.3 Å². The average molecular weight is 489 g/mol. The van der Waals surface area contributed by atoms with Crippen LogP contribution in [-0.4, -0.2) is 16.5 Å². The zero-order chi connectivity index (χ0) is 19.1. The van der Waals surface area contributed by atoms with Gasteiger partial charge in [0, 0.05) is 0 Å². The van der Waals surface area contributed by atoms with Gasteiger partial charge in [0.15, 0.2) is 0 Å². The SMILES string of the molecule is CCCCCCCCCCCCCCCCC(C)CCCCC[CH2][Mg][I]. The average Bonchev–Trinajstić information content (AvgIpc) is 2.65. The van der Waals surface area contributed by atoms with E-state index in [4.69, 9.17) is 0 Å². The standard InChI is InChI=1S/C24H49.HI.Mg/c1-4-6-8-10-11-12-13-14-15-16-17-18-19-21-23-24(3)22-20-9-7-5-2;;/h24H,2,4-23H2,1,3H3;1H;/q;;+1/p-1. The van der Waals surface area contributed by atoms with E-state index in [1.807, 2.05) is 0 Å². The molecule has 1 atom stereocenters. The number of halogens is 1. The lowest BCUT2D eigenvalue weighted by Crippen LogP contribution is -1.95. The second-order valence-corrected chi connectivity index (χ2v) is 13.1. The van der Waals surface area contributed by atoms with Crippen molar-refractivity contribution in [3.63, 3.8) is 0 Å². The molecule has 0 bridgehead atoms.